The number of aliphatic carboxylic acids is 1. The topological polar surface area (TPSA) is 101 Å². The monoisotopic (exact) mass is 397 g/mol. The van der Waals surface area contributed by atoms with Gasteiger partial charge in [-0.25, -0.2) is 4.79 Å². The maximum Gasteiger partial charge on any atom is 0.329 e. The summed E-state index contributed by atoms with van der Waals surface area (Å²) in [4.78, 5) is 42.1. The van der Waals surface area contributed by atoms with E-state index in [9.17, 15) is 19.5 Å². The Balaban J connectivity index is 2.00. The molecule has 2 N–H and O–H groups in total. The summed E-state index contributed by atoms with van der Waals surface area (Å²) in [5, 5.41) is 12.4. The number of nitrogens with zero attached hydrogens (tertiary/aromatic N) is 2. The fourth-order valence-corrected chi connectivity index (χ4v) is 4.15. The Labute approximate surface area is 169 Å². The van der Waals surface area contributed by atoms with Gasteiger partial charge in [0.2, 0.25) is 0 Å². The van der Waals surface area contributed by atoms with E-state index in [-0.39, 0.29) is 5.56 Å². The van der Waals surface area contributed by atoms with Crippen LogP contribution in [0.1, 0.15) is 66.2 Å². The molecule has 0 radical (unpaired) electrons. The number of carboxylic acids is 1. The average molecular weight is 397 g/mol. The predicted molar refractivity (Wildman–Crippen MR) is 109 cm³/mol. The fourth-order valence-electron chi connectivity index (χ4n) is 4.15. The zero-order valence-corrected chi connectivity index (χ0v) is 16.9. The van der Waals surface area contributed by atoms with Crippen LogP contribution in [-0.2, 0) is 17.8 Å². The van der Waals surface area contributed by atoms with Crippen LogP contribution < -0.4 is 10.9 Å². The minimum atomic E-state index is -1.30. The molecule has 0 aromatic carbocycles. The summed E-state index contributed by atoms with van der Waals surface area (Å²) in [7, 11) is 0. The first-order chi connectivity index (χ1) is 13.9. The maximum absolute atomic E-state index is 13.2. The highest BCUT2D eigenvalue weighted by Crippen LogP contribution is 2.29. The molecule has 1 saturated carbocycles. The average Bonchev–Trinajstić information content (AvgIpc) is 2.72. The second-order valence-electron chi connectivity index (χ2n) is 7.69. The van der Waals surface area contributed by atoms with Crippen LogP contribution in [0.3, 0.4) is 0 Å². The number of carbonyl (C=O) groups is 2. The van der Waals surface area contributed by atoms with E-state index in [0.29, 0.717) is 25.8 Å². The lowest BCUT2D eigenvalue weighted by molar-refractivity contribution is -0.145. The van der Waals surface area contributed by atoms with Crippen molar-refractivity contribution in [2.75, 3.05) is 0 Å². The van der Waals surface area contributed by atoms with E-state index in [2.05, 4.69) is 10.3 Å². The van der Waals surface area contributed by atoms with Gasteiger partial charge in [0.1, 0.15) is 11.1 Å². The molecule has 0 atom stereocenters. The van der Waals surface area contributed by atoms with Crippen LogP contribution in [0.5, 0.6) is 0 Å². The molecule has 3 rings (SSSR count). The summed E-state index contributed by atoms with van der Waals surface area (Å²) in [5.74, 6) is -1.65. The Morgan fingerprint density at radius 2 is 1.86 bits per heavy atom. The smallest absolute Gasteiger partial charge is 0.329 e. The van der Waals surface area contributed by atoms with Gasteiger partial charge in [-0.05, 0) is 55.5 Å². The summed E-state index contributed by atoms with van der Waals surface area (Å²) in [6, 6.07) is 5.24. The van der Waals surface area contributed by atoms with E-state index in [1.54, 1.807) is 23.0 Å². The van der Waals surface area contributed by atoms with Gasteiger partial charge in [-0.15, -0.1) is 0 Å². The highest BCUT2D eigenvalue weighted by Gasteiger charge is 2.41. The molecule has 0 aliphatic heterocycles. The summed E-state index contributed by atoms with van der Waals surface area (Å²) >= 11 is 0. The van der Waals surface area contributed by atoms with Gasteiger partial charge in [0.25, 0.3) is 11.5 Å². The van der Waals surface area contributed by atoms with Crippen molar-refractivity contribution < 1.29 is 14.7 Å². The van der Waals surface area contributed by atoms with E-state index in [0.717, 1.165) is 36.1 Å². The predicted octanol–water partition coefficient (Wildman–Crippen LogP) is 2.68. The lowest BCUT2D eigenvalue weighted by atomic mass is 9.81. The number of hydrogen-bond acceptors (Lipinski definition) is 4. The lowest BCUT2D eigenvalue weighted by Crippen LogP contribution is -2.56. The maximum atomic E-state index is 13.2. The van der Waals surface area contributed by atoms with E-state index in [4.69, 9.17) is 0 Å². The standard InChI is InChI=1S/C22H27N3O4/c1-3-18-15(2)13-17(20(27)25(18)14-16-7-11-23-12-8-16)19(26)24-22(21(28)29)9-5-4-6-10-22/h7-8,11-13H,3-6,9-10,14H2,1-2H3,(H,24,26)(H,28,29). The largest absolute Gasteiger partial charge is 0.480 e. The highest BCUT2D eigenvalue weighted by atomic mass is 16.4. The summed E-state index contributed by atoms with van der Waals surface area (Å²) < 4.78 is 1.61. The molecule has 0 unspecified atom stereocenters. The van der Waals surface area contributed by atoms with Gasteiger partial charge in [-0.2, -0.15) is 0 Å². The molecule has 29 heavy (non-hydrogen) atoms. The number of pyridine rings is 2. The number of hydrogen-bond donors (Lipinski definition) is 2. The Bertz CT molecular complexity index is 960. The molecule has 1 aliphatic carbocycles. The third-order valence-electron chi connectivity index (χ3n) is 5.76. The molecule has 0 bridgehead atoms. The Morgan fingerprint density at radius 1 is 1.21 bits per heavy atom. The van der Waals surface area contributed by atoms with Crippen molar-refractivity contribution in [3.8, 4) is 0 Å². The van der Waals surface area contributed by atoms with Crippen LogP contribution in [0.25, 0.3) is 0 Å². The van der Waals surface area contributed by atoms with Crippen LogP contribution in [0, 0.1) is 6.92 Å². The normalized spacial score (nSPS) is 15.7. The second-order valence-corrected chi connectivity index (χ2v) is 7.69. The second kappa shape index (κ2) is 8.59. The molecule has 2 aromatic rings. The molecular formula is C22H27N3O4. The number of carboxylic acid groups (broad SMARTS) is 1. The van der Waals surface area contributed by atoms with Crippen LogP contribution in [0.4, 0.5) is 0 Å². The minimum Gasteiger partial charge on any atom is -0.480 e. The fraction of sp³-hybridized carbons (Fsp3) is 0.455. The molecule has 0 saturated heterocycles. The number of rotatable bonds is 6. The molecule has 1 amide bonds. The van der Waals surface area contributed by atoms with Crippen LogP contribution in [0.15, 0.2) is 35.4 Å². The van der Waals surface area contributed by atoms with Gasteiger partial charge in [0.15, 0.2) is 0 Å². The van der Waals surface area contributed by atoms with Gasteiger partial charge < -0.3 is 15.0 Å². The van der Waals surface area contributed by atoms with Gasteiger partial charge in [0.05, 0.1) is 6.54 Å². The van der Waals surface area contributed by atoms with Crippen molar-refractivity contribution in [1.82, 2.24) is 14.9 Å². The first kappa shape index (κ1) is 20.8. The third-order valence-corrected chi connectivity index (χ3v) is 5.76. The number of carbonyl (C=O) groups excluding carboxylic acids is 1. The van der Waals surface area contributed by atoms with Gasteiger partial charge >= 0.3 is 5.97 Å². The number of aromatic nitrogens is 2. The zero-order valence-electron chi connectivity index (χ0n) is 16.9. The first-order valence-electron chi connectivity index (χ1n) is 10.1. The first-order valence-corrected chi connectivity index (χ1v) is 10.1. The van der Waals surface area contributed by atoms with Gasteiger partial charge in [0, 0.05) is 18.1 Å². The highest BCUT2D eigenvalue weighted by molar-refractivity contribution is 5.97. The van der Waals surface area contributed by atoms with Crippen molar-refractivity contribution >= 4 is 11.9 Å². The van der Waals surface area contributed by atoms with E-state index >= 15 is 0 Å². The zero-order chi connectivity index (χ0) is 21.0. The number of aryl methyl sites for hydroxylation is 1. The van der Waals surface area contributed by atoms with Crippen LogP contribution in [0.2, 0.25) is 0 Å². The molecule has 2 aromatic heterocycles. The van der Waals surface area contributed by atoms with Crippen molar-refractivity contribution in [3.63, 3.8) is 0 Å². The molecule has 7 nitrogen and oxygen atoms in total. The lowest BCUT2D eigenvalue weighted by Gasteiger charge is -2.34. The Kier molecular flexibility index (Phi) is 6.15. The van der Waals surface area contributed by atoms with Crippen LogP contribution >= 0.6 is 0 Å². The van der Waals surface area contributed by atoms with E-state index < -0.39 is 23.0 Å². The number of nitrogens with one attached hydrogen (secondary N) is 1. The number of amides is 1. The van der Waals surface area contributed by atoms with Crippen LogP contribution in [-0.4, -0.2) is 32.1 Å². The van der Waals surface area contributed by atoms with Crippen molar-refractivity contribution in [2.45, 2.75) is 64.5 Å². The van der Waals surface area contributed by atoms with Gasteiger partial charge in [-0.3, -0.25) is 14.6 Å². The quantitative estimate of drug-likeness (QED) is 0.780. The van der Waals surface area contributed by atoms with Crippen molar-refractivity contribution in [2.24, 2.45) is 0 Å². The summed E-state index contributed by atoms with van der Waals surface area (Å²) in [6.45, 7) is 4.16. The van der Waals surface area contributed by atoms with E-state index in [1.165, 1.54) is 0 Å². The molecule has 2 heterocycles. The molecule has 1 aliphatic rings. The summed E-state index contributed by atoms with van der Waals surface area (Å²) in [6.07, 6.45) is 7.17. The van der Waals surface area contributed by atoms with Crippen molar-refractivity contribution in [3.05, 3.63) is 63.3 Å². The molecule has 1 fully saturated rings. The molecule has 7 heteroatoms. The third kappa shape index (κ3) is 4.23. The summed E-state index contributed by atoms with van der Waals surface area (Å²) in [5.41, 5.74) is 0.879. The Morgan fingerprint density at radius 3 is 2.45 bits per heavy atom. The van der Waals surface area contributed by atoms with E-state index in [1.807, 2.05) is 26.0 Å². The SMILES string of the molecule is CCc1c(C)cc(C(=O)NC2(C(=O)O)CCCCC2)c(=O)n1Cc1ccncc1. The molecule has 154 valence electrons. The molecular weight excluding hydrogens is 370 g/mol. The minimum absolute atomic E-state index is 0.0139. The Hall–Kier alpha value is -2.96. The van der Waals surface area contributed by atoms with Crippen molar-refractivity contribution in [1.29, 1.82) is 0 Å². The van der Waals surface area contributed by atoms with Gasteiger partial charge in [-0.1, -0.05) is 26.2 Å². The molecule has 0 spiro atoms.